The lowest BCUT2D eigenvalue weighted by atomic mass is 10.1. The van der Waals surface area contributed by atoms with Gasteiger partial charge in [-0.2, -0.15) is 0 Å². The summed E-state index contributed by atoms with van der Waals surface area (Å²) >= 11 is 1.81. The van der Waals surface area contributed by atoms with Gasteiger partial charge in [-0.05, 0) is 42.5 Å². The zero-order chi connectivity index (χ0) is 37.8. The number of fused-ring (bicyclic) bond motifs is 10. The number of benzene rings is 7. The molecule has 0 N–H and O–H groups in total. The molecule has 7 aromatic carbocycles. The predicted octanol–water partition coefficient (Wildman–Crippen LogP) is 12.2. The fraction of sp³-hybridized carbons (Fsp3) is 0. The van der Waals surface area contributed by atoms with Crippen LogP contribution >= 0.6 is 11.3 Å². The van der Waals surface area contributed by atoms with E-state index in [1.54, 1.807) is 0 Å². The quantitative estimate of drug-likeness (QED) is 0.186. The molecular weight excluding hydrogens is 645 g/mol. The molecular formula is C45H26N4OS. The van der Waals surface area contributed by atoms with Gasteiger partial charge in [0.25, 0.3) is 0 Å². The van der Waals surface area contributed by atoms with Crippen molar-refractivity contribution in [2.75, 3.05) is 0 Å². The molecule has 11 rings (SSSR count). The van der Waals surface area contributed by atoms with Gasteiger partial charge < -0.3 is 8.98 Å². The van der Waals surface area contributed by atoms with Crippen LogP contribution in [0.5, 0.6) is 0 Å². The summed E-state index contributed by atoms with van der Waals surface area (Å²) < 4.78 is 53.6. The Morgan fingerprint density at radius 3 is 2.10 bits per heavy atom. The molecule has 0 aliphatic carbocycles. The summed E-state index contributed by atoms with van der Waals surface area (Å²) in [4.78, 5) is 14.2. The number of thiophene rings is 1. The molecule has 51 heavy (non-hydrogen) atoms. The fourth-order valence-corrected chi connectivity index (χ4v) is 8.44. The van der Waals surface area contributed by atoms with Gasteiger partial charge in [-0.15, -0.1) is 11.3 Å². The van der Waals surface area contributed by atoms with Crippen LogP contribution in [-0.4, -0.2) is 19.5 Å². The van der Waals surface area contributed by atoms with E-state index in [-0.39, 0.29) is 29.3 Å². The van der Waals surface area contributed by atoms with E-state index in [9.17, 15) is 0 Å². The van der Waals surface area contributed by atoms with E-state index in [0.29, 0.717) is 22.5 Å². The number of aromatic nitrogens is 4. The Bertz CT molecular complexity index is 3420. The van der Waals surface area contributed by atoms with Gasteiger partial charge in [0.1, 0.15) is 5.58 Å². The minimum atomic E-state index is -0.481. The maximum absolute atomic E-state index is 8.65. The molecule has 5 nitrogen and oxygen atoms in total. The van der Waals surface area contributed by atoms with E-state index < -0.39 is 18.1 Å². The van der Waals surface area contributed by atoms with E-state index >= 15 is 0 Å². The van der Waals surface area contributed by atoms with E-state index in [1.165, 1.54) is 30.9 Å². The molecule has 0 fully saturated rings. The van der Waals surface area contributed by atoms with Crippen molar-refractivity contribution in [2.45, 2.75) is 0 Å². The van der Waals surface area contributed by atoms with E-state index in [0.717, 1.165) is 33.1 Å². The zero-order valence-corrected chi connectivity index (χ0v) is 27.5. The Labute approximate surface area is 302 Å². The Balaban J connectivity index is 1.13. The Kier molecular flexibility index (Phi) is 5.08. The number of nitrogens with zero attached hydrogens (tertiary/aromatic N) is 4. The van der Waals surface area contributed by atoms with Crippen molar-refractivity contribution >= 4 is 75.3 Å². The second-order valence-electron chi connectivity index (χ2n) is 12.4. The van der Waals surface area contributed by atoms with Crippen LogP contribution in [0.4, 0.5) is 0 Å². The molecule has 0 spiro atoms. The van der Waals surface area contributed by atoms with E-state index in [2.05, 4.69) is 88.4 Å². The van der Waals surface area contributed by atoms with E-state index in [1.807, 2.05) is 59.9 Å². The van der Waals surface area contributed by atoms with Crippen molar-refractivity contribution in [3.8, 4) is 39.9 Å². The lowest BCUT2D eigenvalue weighted by Gasteiger charge is -2.08. The molecule has 6 heteroatoms. The summed E-state index contributed by atoms with van der Waals surface area (Å²) in [6, 6.07) is 40.7. The van der Waals surface area contributed by atoms with Gasteiger partial charge in [-0.3, -0.25) is 0 Å². The molecule has 0 unspecified atom stereocenters. The maximum Gasteiger partial charge on any atom is 0.164 e. The highest BCUT2D eigenvalue weighted by molar-refractivity contribution is 7.26. The smallest absolute Gasteiger partial charge is 0.164 e. The number of hydrogen-bond acceptors (Lipinski definition) is 5. The standard InChI is InChI=1S/C45H26N4OS/c1-3-12-27(13-4-1)43-46-44(28-14-5-2-6-15-28)48-45(47-43)29-22-23-30-31-18-11-20-36(42(31)50-37(30)26-29)49-34-19-9-7-16-32(34)40-35(49)24-25-39-41(40)33-17-8-10-21-38(33)51-39/h1-26H/i1D,3D,4D,12D,13D. The summed E-state index contributed by atoms with van der Waals surface area (Å²) in [5.41, 5.74) is 5.67. The number of rotatable bonds is 4. The molecule has 11 aromatic rings. The molecule has 4 aromatic heterocycles. The van der Waals surface area contributed by atoms with Gasteiger partial charge >= 0.3 is 0 Å². The third kappa shape index (κ3) is 4.30. The molecule has 0 aliphatic heterocycles. The Morgan fingerprint density at radius 2 is 1.24 bits per heavy atom. The first kappa shape index (κ1) is 23.7. The maximum atomic E-state index is 8.65. The van der Waals surface area contributed by atoms with Crippen molar-refractivity contribution in [1.29, 1.82) is 0 Å². The van der Waals surface area contributed by atoms with Crippen LogP contribution in [0.25, 0.3) is 104 Å². The van der Waals surface area contributed by atoms with Crippen molar-refractivity contribution in [1.82, 2.24) is 19.5 Å². The summed E-state index contributed by atoms with van der Waals surface area (Å²) in [5.74, 6) is 0.567. The van der Waals surface area contributed by atoms with Crippen LogP contribution in [0.2, 0.25) is 0 Å². The molecule has 4 heterocycles. The minimum Gasteiger partial charge on any atom is -0.454 e. The van der Waals surface area contributed by atoms with Gasteiger partial charge in [0.15, 0.2) is 23.1 Å². The highest BCUT2D eigenvalue weighted by atomic mass is 32.1. The number of furan rings is 1. The van der Waals surface area contributed by atoms with Crippen LogP contribution in [0, 0.1) is 0 Å². The van der Waals surface area contributed by atoms with Crippen molar-refractivity contribution < 1.29 is 11.3 Å². The fourth-order valence-electron chi connectivity index (χ4n) is 7.33. The van der Waals surface area contributed by atoms with Crippen molar-refractivity contribution in [3.63, 3.8) is 0 Å². The summed E-state index contributed by atoms with van der Waals surface area (Å²) in [6.07, 6.45) is 0. The Morgan fingerprint density at radius 1 is 0.510 bits per heavy atom. The first-order chi connectivity index (χ1) is 27.4. The second kappa shape index (κ2) is 10.9. The molecule has 0 saturated heterocycles. The molecule has 0 bridgehead atoms. The third-order valence-electron chi connectivity index (χ3n) is 9.54. The average Bonchev–Trinajstić information content (AvgIpc) is 3.91. The molecule has 0 radical (unpaired) electrons. The largest absolute Gasteiger partial charge is 0.454 e. The molecule has 0 aliphatic rings. The van der Waals surface area contributed by atoms with Gasteiger partial charge in [0.2, 0.25) is 0 Å². The number of hydrogen-bond donors (Lipinski definition) is 0. The molecule has 0 amide bonds. The van der Waals surface area contributed by atoms with Crippen molar-refractivity contribution in [3.05, 3.63) is 158 Å². The SMILES string of the molecule is [2H]c1c([2H])c([2H])c(-c2nc(-c3ccccc3)nc(-c3ccc4c(c3)oc3c(-n5c6ccccc6c6c7c(ccc65)sc5ccccc57)cccc34)n2)c([2H])c1[2H]. The predicted molar refractivity (Wildman–Crippen MR) is 211 cm³/mol. The molecule has 238 valence electrons. The topological polar surface area (TPSA) is 56.7 Å². The van der Waals surface area contributed by atoms with Gasteiger partial charge in [0.05, 0.1) is 23.6 Å². The first-order valence-corrected chi connectivity index (χ1v) is 17.4. The second-order valence-corrected chi connectivity index (χ2v) is 13.5. The minimum absolute atomic E-state index is 0.0169. The summed E-state index contributed by atoms with van der Waals surface area (Å²) in [5, 5.41) is 6.77. The van der Waals surface area contributed by atoms with Gasteiger partial charge in [-0.25, -0.2) is 15.0 Å². The molecule has 0 atom stereocenters. The summed E-state index contributed by atoms with van der Waals surface area (Å²) in [7, 11) is 0. The average molecular weight is 676 g/mol. The lowest BCUT2D eigenvalue weighted by molar-refractivity contribution is 0.666. The number of para-hydroxylation sites is 2. The van der Waals surface area contributed by atoms with Crippen LogP contribution in [0.3, 0.4) is 0 Å². The monoisotopic (exact) mass is 675 g/mol. The van der Waals surface area contributed by atoms with E-state index in [4.69, 9.17) is 21.2 Å². The van der Waals surface area contributed by atoms with Gasteiger partial charge in [0, 0.05) is 58.4 Å². The molecule has 0 saturated carbocycles. The first-order valence-electron chi connectivity index (χ1n) is 19.0. The highest BCUT2D eigenvalue weighted by Crippen LogP contribution is 2.44. The Hall–Kier alpha value is -6.63. The van der Waals surface area contributed by atoms with Crippen LogP contribution in [0.1, 0.15) is 6.85 Å². The van der Waals surface area contributed by atoms with Crippen molar-refractivity contribution in [2.24, 2.45) is 0 Å². The van der Waals surface area contributed by atoms with Crippen LogP contribution in [-0.2, 0) is 0 Å². The van der Waals surface area contributed by atoms with Gasteiger partial charge in [-0.1, -0.05) is 115 Å². The van der Waals surface area contributed by atoms with Crippen LogP contribution < -0.4 is 0 Å². The van der Waals surface area contributed by atoms with Crippen LogP contribution in [0.15, 0.2) is 162 Å². The lowest BCUT2D eigenvalue weighted by Crippen LogP contribution is -2.00. The zero-order valence-electron chi connectivity index (χ0n) is 31.7. The summed E-state index contributed by atoms with van der Waals surface area (Å²) in [6.45, 7) is 0. The third-order valence-corrected chi connectivity index (χ3v) is 10.7. The highest BCUT2D eigenvalue weighted by Gasteiger charge is 2.21. The normalized spacial score (nSPS) is 13.3.